The van der Waals surface area contributed by atoms with Gasteiger partial charge in [-0.1, -0.05) is 17.7 Å². The quantitative estimate of drug-likeness (QED) is 0.889. The molecule has 0 aliphatic carbocycles. The molecule has 2 rings (SSSR count). The summed E-state index contributed by atoms with van der Waals surface area (Å²) in [6, 6.07) is 7.83. The number of benzene rings is 1. The summed E-state index contributed by atoms with van der Waals surface area (Å²) in [5.74, 6) is 0.428. The Morgan fingerprint density at radius 1 is 1.31 bits per heavy atom. The third kappa shape index (κ3) is 2.49. The summed E-state index contributed by atoms with van der Waals surface area (Å²) >= 11 is 3.09. The highest BCUT2D eigenvalue weighted by Gasteiger charge is 1.99. The van der Waals surface area contributed by atoms with Crippen LogP contribution in [0.4, 0.5) is 11.6 Å². The molecule has 0 aliphatic heterocycles. The van der Waals surface area contributed by atoms with Gasteiger partial charge in [-0.05, 0) is 35.0 Å². The van der Waals surface area contributed by atoms with Gasteiger partial charge in [-0.2, -0.15) is 0 Å². The van der Waals surface area contributed by atoms with Crippen molar-refractivity contribution in [1.82, 2.24) is 9.97 Å². The standard InChI is InChI=1S/C11H10BrN3O/c1-7-2-4-8(5-3-7)14-11-13-6-9(12)10(16)15-11/h2-6H,1H3,(H2,13,14,15,16). The van der Waals surface area contributed by atoms with Crippen LogP contribution in [0.25, 0.3) is 0 Å². The monoisotopic (exact) mass is 279 g/mol. The number of rotatable bonds is 2. The van der Waals surface area contributed by atoms with Crippen LogP contribution < -0.4 is 10.9 Å². The molecule has 0 saturated heterocycles. The summed E-state index contributed by atoms with van der Waals surface area (Å²) in [6.07, 6.45) is 1.47. The molecule has 2 N–H and O–H groups in total. The number of anilines is 2. The summed E-state index contributed by atoms with van der Waals surface area (Å²) < 4.78 is 0.418. The Bertz CT molecular complexity index is 548. The Morgan fingerprint density at radius 3 is 2.62 bits per heavy atom. The number of aromatic nitrogens is 2. The van der Waals surface area contributed by atoms with Gasteiger partial charge in [-0.3, -0.25) is 9.78 Å². The van der Waals surface area contributed by atoms with Gasteiger partial charge in [0, 0.05) is 5.69 Å². The topological polar surface area (TPSA) is 57.8 Å². The molecule has 16 heavy (non-hydrogen) atoms. The van der Waals surface area contributed by atoms with Crippen molar-refractivity contribution in [2.45, 2.75) is 6.92 Å². The molecule has 0 fully saturated rings. The number of aryl methyl sites for hydroxylation is 1. The highest BCUT2D eigenvalue weighted by molar-refractivity contribution is 9.10. The van der Waals surface area contributed by atoms with Gasteiger partial charge in [-0.15, -0.1) is 0 Å². The maximum Gasteiger partial charge on any atom is 0.266 e. The second-order valence-electron chi connectivity index (χ2n) is 3.40. The fourth-order valence-electron chi connectivity index (χ4n) is 1.22. The number of halogens is 1. The molecule has 5 heteroatoms. The largest absolute Gasteiger partial charge is 0.326 e. The zero-order valence-corrected chi connectivity index (χ0v) is 10.2. The van der Waals surface area contributed by atoms with Crippen LogP contribution in [-0.4, -0.2) is 9.97 Å². The Morgan fingerprint density at radius 2 is 2.00 bits per heavy atom. The van der Waals surface area contributed by atoms with Crippen LogP contribution in [0.15, 0.2) is 39.7 Å². The van der Waals surface area contributed by atoms with E-state index in [-0.39, 0.29) is 5.56 Å². The second kappa shape index (κ2) is 4.49. The predicted octanol–water partition coefficient (Wildman–Crippen LogP) is 2.58. The molecule has 0 amide bonds. The lowest BCUT2D eigenvalue weighted by Crippen LogP contribution is -2.10. The minimum Gasteiger partial charge on any atom is -0.326 e. The van der Waals surface area contributed by atoms with Crippen molar-refractivity contribution >= 4 is 27.6 Å². The average molecular weight is 280 g/mol. The lowest BCUT2D eigenvalue weighted by atomic mass is 10.2. The molecule has 1 aromatic heterocycles. The molecule has 0 aliphatic rings. The Kier molecular flexibility index (Phi) is 3.05. The van der Waals surface area contributed by atoms with Crippen molar-refractivity contribution in [3.63, 3.8) is 0 Å². The normalized spacial score (nSPS) is 10.1. The maximum absolute atomic E-state index is 11.3. The molecule has 1 aromatic carbocycles. The van der Waals surface area contributed by atoms with Gasteiger partial charge < -0.3 is 5.32 Å². The molecule has 1 heterocycles. The van der Waals surface area contributed by atoms with E-state index >= 15 is 0 Å². The van der Waals surface area contributed by atoms with E-state index < -0.39 is 0 Å². The maximum atomic E-state index is 11.3. The summed E-state index contributed by atoms with van der Waals surface area (Å²) in [6.45, 7) is 2.02. The Hall–Kier alpha value is -1.62. The molecule has 0 saturated carbocycles. The minimum absolute atomic E-state index is 0.204. The summed E-state index contributed by atoms with van der Waals surface area (Å²) in [7, 11) is 0. The van der Waals surface area contributed by atoms with E-state index in [2.05, 4.69) is 31.2 Å². The van der Waals surface area contributed by atoms with E-state index in [1.807, 2.05) is 31.2 Å². The average Bonchev–Trinajstić information content (AvgIpc) is 2.27. The third-order valence-electron chi connectivity index (χ3n) is 2.07. The van der Waals surface area contributed by atoms with Crippen molar-refractivity contribution in [2.24, 2.45) is 0 Å². The smallest absolute Gasteiger partial charge is 0.266 e. The molecule has 0 spiro atoms. The number of hydrogen-bond donors (Lipinski definition) is 2. The van der Waals surface area contributed by atoms with Gasteiger partial charge in [0.05, 0.1) is 6.20 Å². The van der Waals surface area contributed by atoms with E-state index in [0.717, 1.165) is 5.69 Å². The number of nitrogens with one attached hydrogen (secondary N) is 2. The SMILES string of the molecule is Cc1ccc(Nc2ncc(Br)c(=O)[nH]2)cc1. The van der Waals surface area contributed by atoms with Crippen LogP contribution in [0.2, 0.25) is 0 Å². The Balaban J connectivity index is 2.24. The van der Waals surface area contributed by atoms with Gasteiger partial charge >= 0.3 is 0 Å². The molecule has 4 nitrogen and oxygen atoms in total. The number of nitrogens with zero attached hydrogens (tertiary/aromatic N) is 1. The molecule has 0 radical (unpaired) electrons. The van der Waals surface area contributed by atoms with E-state index in [0.29, 0.717) is 10.4 Å². The van der Waals surface area contributed by atoms with Crippen molar-refractivity contribution in [1.29, 1.82) is 0 Å². The van der Waals surface area contributed by atoms with Crippen LogP contribution >= 0.6 is 15.9 Å². The van der Waals surface area contributed by atoms with Gasteiger partial charge in [0.1, 0.15) is 4.47 Å². The molecule has 82 valence electrons. The molecule has 0 bridgehead atoms. The van der Waals surface area contributed by atoms with Crippen molar-refractivity contribution in [3.05, 3.63) is 50.9 Å². The first-order valence-electron chi connectivity index (χ1n) is 4.73. The Labute approximate surface area is 101 Å². The van der Waals surface area contributed by atoms with Crippen LogP contribution in [-0.2, 0) is 0 Å². The first kappa shape index (κ1) is 10.9. The van der Waals surface area contributed by atoms with Crippen LogP contribution in [0.1, 0.15) is 5.56 Å². The third-order valence-corrected chi connectivity index (χ3v) is 2.64. The zero-order chi connectivity index (χ0) is 11.5. The van der Waals surface area contributed by atoms with E-state index in [9.17, 15) is 4.79 Å². The number of H-pyrrole nitrogens is 1. The fourth-order valence-corrected chi connectivity index (χ4v) is 1.42. The van der Waals surface area contributed by atoms with Gasteiger partial charge in [-0.25, -0.2) is 4.98 Å². The summed E-state index contributed by atoms with van der Waals surface area (Å²) in [5, 5.41) is 3.01. The number of aromatic amines is 1. The van der Waals surface area contributed by atoms with Gasteiger partial charge in [0.2, 0.25) is 5.95 Å². The summed E-state index contributed by atoms with van der Waals surface area (Å²) in [5.41, 5.74) is 1.86. The number of hydrogen-bond acceptors (Lipinski definition) is 3. The highest BCUT2D eigenvalue weighted by Crippen LogP contribution is 2.12. The summed E-state index contributed by atoms with van der Waals surface area (Å²) in [4.78, 5) is 18.0. The fraction of sp³-hybridized carbons (Fsp3) is 0.0909. The highest BCUT2D eigenvalue weighted by atomic mass is 79.9. The van der Waals surface area contributed by atoms with E-state index in [4.69, 9.17) is 0 Å². The molecular formula is C11H10BrN3O. The van der Waals surface area contributed by atoms with Crippen LogP contribution in [0.3, 0.4) is 0 Å². The lowest BCUT2D eigenvalue weighted by molar-refractivity contribution is 1.10. The van der Waals surface area contributed by atoms with Crippen LogP contribution in [0, 0.1) is 6.92 Å². The first-order chi connectivity index (χ1) is 7.65. The molecule has 2 aromatic rings. The van der Waals surface area contributed by atoms with Crippen molar-refractivity contribution < 1.29 is 0 Å². The first-order valence-corrected chi connectivity index (χ1v) is 5.53. The molecule has 0 unspecified atom stereocenters. The van der Waals surface area contributed by atoms with E-state index in [1.54, 1.807) is 0 Å². The predicted molar refractivity (Wildman–Crippen MR) is 67.0 cm³/mol. The second-order valence-corrected chi connectivity index (χ2v) is 4.25. The minimum atomic E-state index is -0.204. The van der Waals surface area contributed by atoms with Crippen molar-refractivity contribution in [2.75, 3.05) is 5.32 Å². The molecular weight excluding hydrogens is 270 g/mol. The molecule has 0 atom stereocenters. The van der Waals surface area contributed by atoms with Gasteiger partial charge in [0.25, 0.3) is 5.56 Å². The zero-order valence-electron chi connectivity index (χ0n) is 8.62. The van der Waals surface area contributed by atoms with Crippen molar-refractivity contribution in [3.8, 4) is 0 Å². The van der Waals surface area contributed by atoms with Gasteiger partial charge in [0.15, 0.2) is 0 Å². The van der Waals surface area contributed by atoms with E-state index in [1.165, 1.54) is 11.8 Å². The lowest BCUT2D eigenvalue weighted by Gasteiger charge is -2.04. The van der Waals surface area contributed by atoms with Crippen LogP contribution in [0.5, 0.6) is 0 Å².